The van der Waals surface area contributed by atoms with Crippen LogP contribution in [0.2, 0.25) is 0 Å². The van der Waals surface area contributed by atoms with Crippen molar-refractivity contribution in [2.75, 3.05) is 0 Å². The highest BCUT2D eigenvalue weighted by Crippen LogP contribution is 2.80. The first-order valence-corrected chi connectivity index (χ1v) is 12.8. The van der Waals surface area contributed by atoms with E-state index < -0.39 is 28.7 Å². The molecule has 1 heterocycles. The van der Waals surface area contributed by atoms with E-state index in [2.05, 4.69) is 15.9 Å². The van der Waals surface area contributed by atoms with Crippen molar-refractivity contribution < 1.29 is 23.9 Å². The largest absolute Gasteiger partial charge is 0.425 e. The summed E-state index contributed by atoms with van der Waals surface area (Å²) in [6.45, 7) is 3.76. The van der Waals surface area contributed by atoms with Gasteiger partial charge in [-0.25, -0.2) is 0 Å². The average molecular weight is 545 g/mol. The highest BCUT2D eigenvalue weighted by Gasteiger charge is 2.90. The van der Waals surface area contributed by atoms with Crippen LogP contribution in [-0.4, -0.2) is 17.7 Å². The van der Waals surface area contributed by atoms with Gasteiger partial charge in [-0.3, -0.25) is 14.4 Å². The van der Waals surface area contributed by atoms with Crippen molar-refractivity contribution in [3.05, 3.63) is 106 Å². The van der Waals surface area contributed by atoms with Crippen LogP contribution in [0.15, 0.2) is 89.4 Å². The van der Waals surface area contributed by atoms with Gasteiger partial charge >= 0.3 is 11.9 Å². The smallest absolute Gasteiger partial charge is 0.330 e. The number of hydrogen-bond donors (Lipinski definition) is 0. The van der Waals surface area contributed by atoms with E-state index in [0.29, 0.717) is 39.1 Å². The fraction of sp³-hybridized carbons (Fsp3) is 0.233. The lowest BCUT2D eigenvalue weighted by Gasteiger charge is -2.24. The van der Waals surface area contributed by atoms with Gasteiger partial charge in [-0.05, 0) is 18.9 Å². The fourth-order valence-corrected chi connectivity index (χ4v) is 6.01. The zero-order valence-electron chi connectivity index (χ0n) is 20.0. The predicted octanol–water partition coefficient (Wildman–Crippen LogP) is 6.69. The number of Topliss-reactive ketones (excluding diaryl/α,β-unsaturated/α-hetero) is 1. The molecule has 1 aliphatic carbocycles. The van der Waals surface area contributed by atoms with E-state index in [1.807, 2.05) is 62.4 Å². The van der Waals surface area contributed by atoms with E-state index in [9.17, 15) is 14.4 Å². The van der Waals surface area contributed by atoms with Crippen LogP contribution in [0.3, 0.4) is 0 Å². The molecule has 1 fully saturated rings. The fourth-order valence-electron chi connectivity index (χ4n) is 5.70. The van der Waals surface area contributed by atoms with Gasteiger partial charge in [0.05, 0.1) is 5.41 Å². The van der Waals surface area contributed by atoms with E-state index in [-0.39, 0.29) is 12.2 Å². The molecule has 0 radical (unpaired) electrons. The molecular formula is C30H25BrO5. The van der Waals surface area contributed by atoms with Crippen LogP contribution < -0.4 is 4.74 Å². The van der Waals surface area contributed by atoms with Gasteiger partial charge in [0.15, 0.2) is 11.2 Å². The van der Waals surface area contributed by atoms with Gasteiger partial charge in [0, 0.05) is 27.1 Å². The third-order valence-electron chi connectivity index (χ3n) is 7.41. The number of carbonyl (C=O) groups is 3. The number of fused-ring (bicyclic) bond motifs is 3. The van der Waals surface area contributed by atoms with Crippen molar-refractivity contribution in [1.29, 1.82) is 0 Å². The van der Waals surface area contributed by atoms with Crippen molar-refractivity contribution in [2.24, 2.45) is 10.8 Å². The number of halogens is 1. The first kappa shape index (κ1) is 24.2. The van der Waals surface area contributed by atoms with Crippen LogP contribution in [0.5, 0.6) is 5.75 Å². The Bertz CT molecular complexity index is 1380. The number of esters is 2. The number of benzene rings is 3. The average Bonchev–Trinajstić information content (AvgIpc) is 3.58. The third kappa shape index (κ3) is 3.31. The van der Waals surface area contributed by atoms with Gasteiger partial charge in [0.1, 0.15) is 11.5 Å². The molecule has 1 aliphatic heterocycles. The molecule has 6 heteroatoms. The van der Waals surface area contributed by atoms with Gasteiger partial charge in [0.25, 0.3) is 0 Å². The Morgan fingerprint density at radius 1 is 0.889 bits per heavy atom. The number of hydrogen-bond acceptors (Lipinski definition) is 5. The highest BCUT2D eigenvalue weighted by molar-refractivity contribution is 9.11. The highest BCUT2D eigenvalue weighted by atomic mass is 79.9. The van der Waals surface area contributed by atoms with Crippen molar-refractivity contribution in [2.45, 2.75) is 32.6 Å². The molecule has 182 valence electrons. The zero-order chi connectivity index (χ0) is 25.5. The van der Waals surface area contributed by atoms with E-state index in [4.69, 9.17) is 9.47 Å². The Labute approximate surface area is 218 Å². The molecule has 0 saturated heterocycles. The molecule has 5 rings (SSSR count). The predicted molar refractivity (Wildman–Crippen MR) is 139 cm³/mol. The number of rotatable bonds is 7. The lowest BCUT2D eigenvalue weighted by molar-refractivity contribution is -0.158. The molecule has 3 aromatic rings. The molecule has 1 saturated carbocycles. The first-order valence-electron chi connectivity index (χ1n) is 12.0. The summed E-state index contributed by atoms with van der Waals surface area (Å²) in [4.78, 5) is 42.0. The van der Waals surface area contributed by atoms with Crippen LogP contribution >= 0.6 is 15.9 Å². The van der Waals surface area contributed by atoms with Crippen LogP contribution in [-0.2, 0) is 14.3 Å². The Morgan fingerprint density at radius 2 is 1.47 bits per heavy atom. The number of para-hydroxylation sites is 1. The topological polar surface area (TPSA) is 69.7 Å². The zero-order valence-corrected chi connectivity index (χ0v) is 21.6. The molecule has 0 bridgehead atoms. The van der Waals surface area contributed by atoms with Gasteiger partial charge in [-0.2, -0.15) is 0 Å². The summed E-state index contributed by atoms with van der Waals surface area (Å²) < 4.78 is 12.4. The van der Waals surface area contributed by atoms with Crippen LogP contribution in [0.4, 0.5) is 0 Å². The summed E-state index contributed by atoms with van der Waals surface area (Å²) >= 11 is 3.54. The maximum Gasteiger partial charge on any atom is 0.330 e. The minimum atomic E-state index is -1.79. The molecule has 0 N–H and O–H groups in total. The van der Waals surface area contributed by atoms with Gasteiger partial charge < -0.3 is 9.47 Å². The Morgan fingerprint density at radius 3 is 2.08 bits per heavy atom. The van der Waals surface area contributed by atoms with Crippen molar-refractivity contribution in [3.63, 3.8) is 0 Å². The molecule has 0 unspecified atom stereocenters. The van der Waals surface area contributed by atoms with E-state index in [0.717, 1.165) is 0 Å². The maximum atomic E-state index is 14.2. The SMILES string of the molecule is CC/C(Br)=C(\OC(=O)[C@]12C(=O)Oc3ccccc3[C@@H]1[C@]2(CC)C(=O)c1ccccc1)c1ccccc1. The molecule has 5 nitrogen and oxygen atoms in total. The lowest BCUT2D eigenvalue weighted by atomic mass is 9.83. The minimum absolute atomic E-state index is 0.263. The van der Waals surface area contributed by atoms with Crippen molar-refractivity contribution >= 4 is 39.4 Å². The second-order valence-corrected chi connectivity index (χ2v) is 9.99. The summed E-state index contributed by atoms with van der Waals surface area (Å²) in [7, 11) is 0. The molecular weight excluding hydrogens is 520 g/mol. The van der Waals surface area contributed by atoms with E-state index in [1.165, 1.54) is 0 Å². The van der Waals surface area contributed by atoms with Gasteiger partial charge in [-0.1, -0.05) is 109 Å². The molecule has 3 atom stereocenters. The summed E-state index contributed by atoms with van der Waals surface area (Å²) in [5, 5.41) is 0. The number of ketones is 1. The first-order chi connectivity index (χ1) is 17.4. The third-order valence-corrected chi connectivity index (χ3v) is 8.33. The minimum Gasteiger partial charge on any atom is -0.425 e. The van der Waals surface area contributed by atoms with Crippen molar-refractivity contribution in [3.8, 4) is 5.75 Å². The van der Waals surface area contributed by atoms with Gasteiger partial charge in [-0.15, -0.1) is 0 Å². The second-order valence-electron chi connectivity index (χ2n) is 9.03. The molecule has 2 aliphatic rings. The molecule has 0 amide bonds. The molecule has 0 spiro atoms. The number of carbonyl (C=O) groups excluding carboxylic acids is 3. The van der Waals surface area contributed by atoms with Crippen LogP contribution in [0.1, 0.15) is 54.1 Å². The number of ether oxygens (including phenoxy) is 2. The molecule has 0 aromatic heterocycles. The van der Waals surface area contributed by atoms with Crippen LogP contribution in [0.25, 0.3) is 5.76 Å². The Balaban J connectivity index is 1.67. The van der Waals surface area contributed by atoms with Gasteiger partial charge in [0.2, 0.25) is 0 Å². The maximum absolute atomic E-state index is 14.2. The quantitative estimate of drug-likeness (QED) is 0.109. The van der Waals surface area contributed by atoms with E-state index >= 15 is 0 Å². The number of allylic oxidation sites excluding steroid dienone is 1. The molecule has 36 heavy (non-hydrogen) atoms. The normalized spacial score (nSPS) is 24.5. The summed E-state index contributed by atoms with van der Waals surface area (Å²) in [6.07, 6.45) is 0.840. The Hall–Kier alpha value is -3.51. The lowest BCUT2D eigenvalue weighted by Crippen LogP contribution is -2.40. The van der Waals surface area contributed by atoms with E-state index in [1.54, 1.807) is 36.4 Å². The van der Waals surface area contributed by atoms with Crippen LogP contribution in [0, 0.1) is 10.8 Å². The van der Waals surface area contributed by atoms with Crippen molar-refractivity contribution in [1.82, 2.24) is 0 Å². The molecule has 3 aromatic carbocycles. The standard InChI is InChI=1S/C30H25BrO5/c1-3-22(31)24(19-13-7-5-8-14-19)36-28(34)30-25(21-17-11-12-18-23(21)35-27(30)33)29(30,4-2)26(32)20-15-9-6-10-16-20/h5-18,25H,3-4H2,1-2H3/b24-22+/t25-,29-,30-/m1/s1. The summed E-state index contributed by atoms with van der Waals surface area (Å²) in [5.41, 5.74) is -1.31. The summed E-state index contributed by atoms with van der Waals surface area (Å²) in [6, 6.07) is 25.1. The monoisotopic (exact) mass is 544 g/mol. The summed E-state index contributed by atoms with van der Waals surface area (Å²) in [5.74, 6) is -1.77. The Kier molecular flexibility index (Phi) is 6.17. The second kappa shape index (κ2) is 9.17.